The van der Waals surface area contributed by atoms with Gasteiger partial charge in [-0.1, -0.05) is 6.08 Å². The van der Waals surface area contributed by atoms with Gasteiger partial charge in [0.2, 0.25) is 0 Å². The van der Waals surface area contributed by atoms with E-state index in [4.69, 9.17) is 0 Å². The maximum absolute atomic E-state index is 10.8. The van der Waals surface area contributed by atoms with Crippen LogP contribution in [0.3, 0.4) is 0 Å². The number of piperazine rings is 1. The number of phenolic OH excluding ortho intramolecular Hbond substituents is 1. The molecule has 19 heavy (non-hydrogen) atoms. The molecule has 6 heteroatoms. The van der Waals surface area contributed by atoms with E-state index in [2.05, 4.69) is 16.8 Å². The van der Waals surface area contributed by atoms with Crippen molar-refractivity contribution in [2.75, 3.05) is 26.2 Å². The van der Waals surface area contributed by atoms with Gasteiger partial charge in [0.1, 0.15) is 5.75 Å². The van der Waals surface area contributed by atoms with Crippen molar-refractivity contribution in [1.29, 1.82) is 0 Å². The van der Waals surface area contributed by atoms with Crippen molar-refractivity contribution in [1.82, 2.24) is 10.2 Å². The Bertz CT molecular complexity index is 484. The Morgan fingerprint density at radius 3 is 2.74 bits per heavy atom. The summed E-state index contributed by atoms with van der Waals surface area (Å²) in [5.41, 5.74) is 0.515. The summed E-state index contributed by atoms with van der Waals surface area (Å²) in [5.74, 6) is 0.0639. The van der Waals surface area contributed by atoms with E-state index in [9.17, 15) is 15.2 Å². The maximum Gasteiger partial charge on any atom is 0.270 e. The van der Waals surface area contributed by atoms with Gasteiger partial charge < -0.3 is 10.4 Å². The molecule has 0 saturated carbocycles. The van der Waals surface area contributed by atoms with Gasteiger partial charge in [-0.2, -0.15) is 0 Å². The smallest absolute Gasteiger partial charge is 0.270 e. The summed E-state index contributed by atoms with van der Waals surface area (Å²) in [4.78, 5) is 12.5. The van der Waals surface area contributed by atoms with Gasteiger partial charge in [-0.05, 0) is 6.07 Å². The third-order valence-electron chi connectivity index (χ3n) is 3.31. The first-order valence-corrected chi connectivity index (χ1v) is 6.18. The van der Waals surface area contributed by atoms with E-state index >= 15 is 0 Å². The second-order valence-electron chi connectivity index (χ2n) is 4.47. The number of hydrogen-bond acceptors (Lipinski definition) is 5. The van der Waals surface area contributed by atoms with E-state index in [0.717, 1.165) is 26.2 Å². The molecule has 1 aromatic carbocycles. The molecule has 1 heterocycles. The van der Waals surface area contributed by atoms with Crippen LogP contribution in [0.15, 0.2) is 30.9 Å². The first kappa shape index (κ1) is 13.5. The normalized spacial score (nSPS) is 17.9. The van der Waals surface area contributed by atoms with Crippen molar-refractivity contribution in [3.8, 4) is 5.75 Å². The highest BCUT2D eigenvalue weighted by Crippen LogP contribution is 2.32. The van der Waals surface area contributed by atoms with Gasteiger partial charge in [-0.3, -0.25) is 15.0 Å². The fourth-order valence-corrected chi connectivity index (χ4v) is 2.33. The van der Waals surface area contributed by atoms with Crippen LogP contribution < -0.4 is 5.32 Å². The standard InChI is InChI=1S/C13H17N3O3/c1-2-12(15-7-5-14-6-8-15)11-9-10(16(18)19)3-4-13(11)17/h2-4,9,12,14,17H,1,5-8H2/t12-/m0/s1. The molecule has 0 bridgehead atoms. The molecular weight excluding hydrogens is 246 g/mol. The maximum atomic E-state index is 10.8. The molecule has 0 unspecified atom stereocenters. The topological polar surface area (TPSA) is 78.6 Å². The molecule has 1 aliphatic heterocycles. The first-order valence-electron chi connectivity index (χ1n) is 6.18. The molecule has 1 aromatic rings. The second-order valence-corrected chi connectivity index (χ2v) is 4.47. The third kappa shape index (κ3) is 2.91. The van der Waals surface area contributed by atoms with Gasteiger partial charge in [-0.25, -0.2) is 0 Å². The molecule has 0 aromatic heterocycles. The number of nitro benzene ring substituents is 1. The van der Waals surface area contributed by atoms with Crippen LogP contribution in [0, 0.1) is 10.1 Å². The Labute approximate surface area is 111 Å². The van der Waals surface area contributed by atoms with Gasteiger partial charge in [0.25, 0.3) is 5.69 Å². The van der Waals surface area contributed by atoms with E-state index in [1.54, 1.807) is 6.08 Å². The lowest BCUT2D eigenvalue weighted by Gasteiger charge is -2.33. The van der Waals surface area contributed by atoms with Crippen LogP contribution in [0.2, 0.25) is 0 Å². The van der Waals surface area contributed by atoms with Crippen molar-refractivity contribution >= 4 is 5.69 Å². The van der Waals surface area contributed by atoms with Gasteiger partial charge in [0.05, 0.1) is 11.0 Å². The van der Waals surface area contributed by atoms with Crippen molar-refractivity contribution in [3.05, 3.63) is 46.5 Å². The largest absolute Gasteiger partial charge is 0.508 e. The summed E-state index contributed by atoms with van der Waals surface area (Å²) in [5, 5.41) is 24.0. The summed E-state index contributed by atoms with van der Waals surface area (Å²) in [7, 11) is 0. The summed E-state index contributed by atoms with van der Waals surface area (Å²) in [6.45, 7) is 7.14. The molecule has 0 spiro atoms. The monoisotopic (exact) mass is 263 g/mol. The molecule has 1 atom stereocenters. The summed E-state index contributed by atoms with van der Waals surface area (Å²) in [6, 6.07) is 3.88. The minimum Gasteiger partial charge on any atom is -0.508 e. The van der Waals surface area contributed by atoms with E-state index in [-0.39, 0.29) is 17.5 Å². The Morgan fingerprint density at radius 2 is 2.16 bits per heavy atom. The van der Waals surface area contributed by atoms with Crippen LogP contribution in [0.25, 0.3) is 0 Å². The average molecular weight is 263 g/mol. The Morgan fingerprint density at radius 1 is 1.47 bits per heavy atom. The zero-order chi connectivity index (χ0) is 13.8. The number of non-ortho nitro benzene ring substituents is 1. The number of hydrogen-bond donors (Lipinski definition) is 2. The minimum atomic E-state index is -0.457. The van der Waals surface area contributed by atoms with Crippen molar-refractivity contribution < 1.29 is 10.0 Å². The van der Waals surface area contributed by atoms with Crippen molar-refractivity contribution in [2.24, 2.45) is 0 Å². The van der Waals surface area contributed by atoms with Crippen molar-refractivity contribution in [2.45, 2.75) is 6.04 Å². The van der Waals surface area contributed by atoms with Gasteiger partial charge in [0.15, 0.2) is 0 Å². The zero-order valence-electron chi connectivity index (χ0n) is 10.6. The number of phenols is 1. The Hall–Kier alpha value is -1.92. The summed E-state index contributed by atoms with van der Waals surface area (Å²) < 4.78 is 0. The van der Waals surface area contributed by atoms with E-state index in [1.165, 1.54) is 18.2 Å². The van der Waals surface area contributed by atoms with Crippen LogP contribution >= 0.6 is 0 Å². The highest BCUT2D eigenvalue weighted by atomic mass is 16.6. The SMILES string of the molecule is C=C[C@@H](c1cc([N+](=O)[O-])ccc1O)N1CCNCC1. The quantitative estimate of drug-likeness (QED) is 0.488. The molecule has 6 nitrogen and oxygen atoms in total. The van der Waals surface area contributed by atoms with Crippen molar-refractivity contribution in [3.63, 3.8) is 0 Å². The molecule has 1 fully saturated rings. The third-order valence-corrected chi connectivity index (χ3v) is 3.31. The van der Waals surface area contributed by atoms with E-state index < -0.39 is 4.92 Å². The molecular formula is C13H17N3O3. The van der Waals surface area contributed by atoms with Crippen LogP contribution in [0.5, 0.6) is 5.75 Å². The molecule has 1 aliphatic rings. The Kier molecular flexibility index (Phi) is 4.13. The van der Waals surface area contributed by atoms with Crippen LogP contribution in [0.1, 0.15) is 11.6 Å². The number of aromatic hydroxyl groups is 1. The number of benzene rings is 1. The van der Waals surface area contributed by atoms with Gasteiger partial charge >= 0.3 is 0 Å². The molecule has 0 amide bonds. The number of nitrogens with one attached hydrogen (secondary N) is 1. The van der Waals surface area contributed by atoms with Crippen LogP contribution in [0.4, 0.5) is 5.69 Å². The minimum absolute atomic E-state index is 0.0187. The lowest BCUT2D eigenvalue weighted by molar-refractivity contribution is -0.385. The predicted molar refractivity (Wildman–Crippen MR) is 72.1 cm³/mol. The first-order chi connectivity index (χ1) is 9.13. The highest BCUT2D eigenvalue weighted by molar-refractivity contribution is 5.45. The van der Waals surface area contributed by atoms with Gasteiger partial charge in [0, 0.05) is 43.9 Å². The predicted octanol–water partition coefficient (Wildman–Crippen LogP) is 1.43. The lowest BCUT2D eigenvalue weighted by atomic mass is 10.0. The zero-order valence-corrected chi connectivity index (χ0v) is 10.6. The Balaban J connectivity index is 2.33. The number of nitro groups is 1. The van der Waals surface area contributed by atoms with Gasteiger partial charge in [-0.15, -0.1) is 6.58 Å². The molecule has 1 saturated heterocycles. The lowest BCUT2D eigenvalue weighted by Crippen LogP contribution is -2.44. The summed E-state index contributed by atoms with van der Waals surface area (Å²) in [6.07, 6.45) is 1.71. The fourth-order valence-electron chi connectivity index (χ4n) is 2.33. The molecule has 0 radical (unpaired) electrons. The van der Waals surface area contributed by atoms with Crippen LogP contribution in [-0.4, -0.2) is 41.1 Å². The summed E-state index contributed by atoms with van der Waals surface area (Å²) >= 11 is 0. The van der Waals surface area contributed by atoms with E-state index in [1.807, 2.05) is 0 Å². The number of rotatable bonds is 4. The highest BCUT2D eigenvalue weighted by Gasteiger charge is 2.23. The fraction of sp³-hybridized carbons (Fsp3) is 0.385. The van der Waals surface area contributed by atoms with E-state index in [0.29, 0.717) is 5.56 Å². The molecule has 0 aliphatic carbocycles. The molecule has 102 valence electrons. The second kappa shape index (κ2) is 5.81. The number of nitrogens with zero attached hydrogens (tertiary/aromatic N) is 2. The average Bonchev–Trinajstić information content (AvgIpc) is 2.42. The molecule has 2 rings (SSSR count). The van der Waals surface area contributed by atoms with Crippen LogP contribution in [-0.2, 0) is 0 Å². The molecule has 2 N–H and O–H groups in total.